The van der Waals surface area contributed by atoms with Gasteiger partial charge in [-0.3, -0.25) is 0 Å². The van der Waals surface area contributed by atoms with Crippen LogP contribution in [-0.2, 0) is 15.9 Å². The van der Waals surface area contributed by atoms with Crippen LogP contribution in [0.4, 0.5) is 0 Å². The van der Waals surface area contributed by atoms with Crippen LogP contribution in [0.5, 0.6) is 0 Å². The molecule has 22 heavy (non-hydrogen) atoms. The van der Waals surface area contributed by atoms with E-state index in [1.165, 1.54) is 21.6 Å². The Morgan fingerprint density at radius 3 is 2.82 bits per heavy atom. The smallest absolute Gasteiger partial charge is 0.193 e. The number of halogens is 1. The number of nitrogens with one attached hydrogen (secondary N) is 1. The lowest BCUT2D eigenvalue weighted by molar-refractivity contribution is -0.0413. The van der Waals surface area contributed by atoms with Gasteiger partial charge in [0.25, 0.3) is 0 Å². The molecular formula is C17H18ClNO2S. The van der Waals surface area contributed by atoms with Crippen molar-refractivity contribution in [2.24, 2.45) is 0 Å². The molecule has 1 aromatic heterocycles. The summed E-state index contributed by atoms with van der Waals surface area (Å²) < 4.78 is 11.3. The Kier molecular flexibility index (Phi) is 3.96. The lowest BCUT2D eigenvalue weighted by Gasteiger charge is -2.27. The maximum Gasteiger partial charge on any atom is 0.193 e. The summed E-state index contributed by atoms with van der Waals surface area (Å²) in [6.07, 6.45) is 0.855. The third-order valence-corrected chi connectivity index (χ3v) is 5.63. The van der Waals surface area contributed by atoms with E-state index in [0.29, 0.717) is 13.2 Å². The minimum absolute atomic E-state index is 0.195. The molecule has 1 atom stereocenters. The largest absolute Gasteiger partial charge is 0.345 e. The van der Waals surface area contributed by atoms with Gasteiger partial charge < -0.3 is 14.8 Å². The van der Waals surface area contributed by atoms with Crippen molar-refractivity contribution in [3.8, 4) is 0 Å². The Balaban J connectivity index is 1.72. The second kappa shape index (κ2) is 5.95. The Morgan fingerprint density at radius 2 is 2.00 bits per heavy atom. The molecule has 0 unspecified atom stereocenters. The van der Waals surface area contributed by atoms with Crippen LogP contribution in [0.25, 0.3) is 0 Å². The molecule has 3 heterocycles. The van der Waals surface area contributed by atoms with Gasteiger partial charge in [0, 0.05) is 16.4 Å². The molecule has 0 bridgehead atoms. The molecule has 0 spiro atoms. The molecule has 4 rings (SSSR count). The second-order valence-electron chi connectivity index (χ2n) is 5.71. The van der Waals surface area contributed by atoms with Crippen LogP contribution < -0.4 is 5.32 Å². The van der Waals surface area contributed by atoms with Gasteiger partial charge in [-0.25, -0.2) is 0 Å². The lowest BCUT2D eigenvalue weighted by atomic mass is 9.90. The summed E-state index contributed by atoms with van der Waals surface area (Å²) in [5, 5.41) is 4.42. The molecule has 5 heteroatoms. The summed E-state index contributed by atoms with van der Waals surface area (Å²) in [7, 11) is 0. The van der Waals surface area contributed by atoms with Gasteiger partial charge in [-0.1, -0.05) is 17.7 Å². The van der Waals surface area contributed by atoms with E-state index in [4.69, 9.17) is 21.1 Å². The number of benzene rings is 1. The summed E-state index contributed by atoms with van der Waals surface area (Å²) in [6, 6.07) is 8.65. The summed E-state index contributed by atoms with van der Waals surface area (Å²) >= 11 is 7.97. The van der Waals surface area contributed by atoms with Crippen molar-refractivity contribution in [1.82, 2.24) is 5.32 Å². The molecule has 1 N–H and O–H groups in total. The Morgan fingerprint density at radius 1 is 1.18 bits per heavy atom. The normalized spacial score (nSPS) is 22.0. The molecule has 2 aliphatic heterocycles. The second-order valence-corrected chi connectivity index (χ2v) is 7.44. The number of aryl methyl sites for hydroxylation is 1. The van der Waals surface area contributed by atoms with Gasteiger partial charge in [0.05, 0.1) is 24.1 Å². The standard InChI is InChI=1S/C17H18ClNO2S/c1-10-13(9-15(22-10)17-20-6-7-21-17)16-14-8-12(18)3-2-11(14)4-5-19-16/h2-3,8-9,16-17,19H,4-7H2,1H3/t16-/m1/s1. The van der Waals surface area contributed by atoms with Crippen molar-refractivity contribution in [2.45, 2.75) is 25.7 Å². The van der Waals surface area contributed by atoms with Crippen LogP contribution in [0, 0.1) is 6.92 Å². The molecule has 0 aliphatic carbocycles. The molecule has 0 radical (unpaired) electrons. The quantitative estimate of drug-likeness (QED) is 0.900. The summed E-state index contributed by atoms with van der Waals surface area (Å²) in [6.45, 7) is 4.51. The van der Waals surface area contributed by atoms with Gasteiger partial charge >= 0.3 is 0 Å². The zero-order valence-corrected chi connectivity index (χ0v) is 14.0. The molecule has 116 valence electrons. The molecule has 2 aromatic rings. The van der Waals surface area contributed by atoms with Crippen molar-refractivity contribution in [3.63, 3.8) is 0 Å². The highest BCUT2D eigenvalue weighted by atomic mass is 35.5. The van der Waals surface area contributed by atoms with Gasteiger partial charge in [0.2, 0.25) is 0 Å². The van der Waals surface area contributed by atoms with E-state index in [1.54, 1.807) is 11.3 Å². The maximum atomic E-state index is 6.21. The van der Waals surface area contributed by atoms with Crippen LogP contribution in [-0.4, -0.2) is 19.8 Å². The fraction of sp³-hybridized carbons (Fsp3) is 0.412. The van der Waals surface area contributed by atoms with Crippen LogP contribution in [0.3, 0.4) is 0 Å². The van der Waals surface area contributed by atoms with E-state index in [1.807, 2.05) is 6.07 Å². The highest BCUT2D eigenvalue weighted by Crippen LogP contribution is 2.38. The van der Waals surface area contributed by atoms with E-state index < -0.39 is 0 Å². The molecule has 0 amide bonds. The van der Waals surface area contributed by atoms with E-state index in [9.17, 15) is 0 Å². The number of thiophene rings is 1. The third-order valence-electron chi connectivity index (χ3n) is 4.30. The first kappa shape index (κ1) is 14.7. The van der Waals surface area contributed by atoms with Gasteiger partial charge in [-0.05, 0) is 48.2 Å². The molecular weight excluding hydrogens is 318 g/mol. The van der Waals surface area contributed by atoms with Crippen LogP contribution in [0.2, 0.25) is 5.02 Å². The topological polar surface area (TPSA) is 30.5 Å². The zero-order chi connectivity index (χ0) is 15.1. The average Bonchev–Trinajstić information content (AvgIpc) is 3.16. The highest BCUT2D eigenvalue weighted by molar-refractivity contribution is 7.12. The first-order valence-electron chi connectivity index (χ1n) is 7.57. The van der Waals surface area contributed by atoms with E-state index in [-0.39, 0.29) is 12.3 Å². The van der Waals surface area contributed by atoms with Gasteiger partial charge in [-0.15, -0.1) is 11.3 Å². The van der Waals surface area contributed by atoms with Crippen molar-refractivity contribution in [2.75, 3.05) is 19.8 Å². The molecule has 2 aliphatic rings. The number of ether oxygens (including phenoxy) is 2. The zero-order valence-electron chi connectivity index (χ0n) is 12.4. The third kappa shape index (κ3) is 2.59. The van der Waals surface area contributed by atoms with Crippen LogP contribution >= 0.6 is 22.9 Å². The minimum Gasteiger partial charge on any atom is -0.345 e. The van der Waals surface area contributed by atoms with Crippen molar-refractivity contribution in [1.29, 1.82) is 0 Å². The van der Waals surface area contributed by atoms with E-state index in [0.717, 1.165) is 22.9 Å². The molecule has 3 nitrogen and oxygen atoms in total. The Labute approximate surface area is 139 Å². The van der Waals surface area contributed by atoms with Crippen molar-refractivity contribution >= 4 is 22.9 Å². The van der Waals surface area contributed by atoms with Crippen molar-refractivity contribution in [3.05, 3.63) is 55.7 Å². The van der Waals surface area contributed by atoms with E-state index in [2.05, 4.69) is 30.4 Å². The average molecular weight is 336 g/mol. The van der Waals surface area contributed by atoms with E-state index >= 15 is 0 Å². The van der Waals surface area contributed by atoms with Crippen LogP contribution in [0.1, 0.15) is 38.8 Å². The highest BCUT2D eigenvalue weighted by Gasteiger charge is 2.27. The monoisotopic (exact) mass is 335 g/mol. The summed E-state index contributed by atoms with van der Waals surface area (Å²) in [4.78, 5) is 2.46. The van der Waals surface area contributed by atoms with Crippen LogP contribution in [0.15, 0.2) is 24.3 Å². The van der Waals surface area contributed by atoms with Gasteiger partial charge in [0.1, 0.15) is 0 Å². The first-order chi connectivity index (χ1) is 10.7. The molecule has 1 aromatic carbocycles. The molecule has 0 saturated carbocycles. The Hall–Kier alpha value is -0.910. The molecule has 1 saturated heterocycles. The predicted molar refractivity (Wildman–Crippen MR) is 88.7 cm³/mol. The maximum absolute atomic E-state index is 6.21. The lowest BCUT2D eigenvalue weighted by Crippen LogP contribution is -2.30. The number of fused-ring (bicyclic) bond motifs is 1. The van der Waals surface area contributed by atoms with Gasteiger partial charge in [-0.2, -0.15) is 0 Å². The molecule has 1 fully saturated rings. The number of hydrogen-bond acceptors (Lipinski definition) is 4. The SMILES string of the molecule is Cc1sc(C2OCCO2)cc1[C@H]1NCCc2ccc(Cl)cc21. The number of hydrogen-bond donors (Lipinski definition) is 1. The summed E-state index contributed by atoms with van der Waals surface area (Å²) in [5.74, 6) is 0. The predicted octanol–water partition coefficient (Wildman–Crippen LogP) is 3.99. The fourth-order valence-electron chi connectivity index (χ4n) is 3.25. The van der Waals surface area contributed by atoms with Crippen molar-refractivity contribution < 1.29 is 9.47 Å². The minimum atomic E-state index is -0.195. The van der Waals surface area contributed by atoms with Gasteiger partial charge in [0.15, 0.2) is 6.29 Å². The Bertz CT molecular complexity index is 694. The fourth-order valence-corrected chi connectivity index (χ4v) is 4.49. The summed E-state index contributed by atoms with van der Waals surface area (Å²) in [5.41, 5.74) is 3.98. The number of rotatable bonds is 2. The first-order valence-corrected chi connectivity index (χ1v) is 8.77.